The van der Waals surface area contributed by atoms with Crippen LogP contribution in [-0.2, 0) is 7.05 Å². The van der Waals surface area contributed by atoms with E-state index in [0.29, 0.717) is 5.41 Å². The number of hydrogen-bond acceptors (Lipinski definition) is 3. The third-order valence-electron chi connectivity index (χ3n) is 5.42. The average Bonchev–Trinajstić information content (AvgIpc) is 2.70. The summed E-state index contributed by atoms with van der Waals surface area (Å²) in [6.07, 6.45) is 8.01. The largest absolute Gasteiger partial charge is 0.355 e. The van der Waals surface area contributed by atoms with Crippen LogP contribution in [0.25, 0.3) is 21.9 Å². The Morgan fingerprint density at radius 3 is 2.71 bits per heavy atom. The van der Waals surface area contributed by atoms with Gasteiger partial charge in [0.2, 0.25) is 0 Å². The standard InChI is InChI=1S/C17H18N4/c1-20-14-5-8-18-9-13(14)12-3-4-15(19-16(12)20)21-10-17(11-21)6-2-7-17/h3-5,8-9H,2,6-7,10-11H2,1H3. The third-order valence-corrected chi connectivity index (χ3v) is 5.42. The molecule has 106 valence electrons. The number of fused-ring (bicyclic) bond motifs is 3. The molecular formula is C17H18N4. The number of pyridine rings is 2. The first kappa shape index (κ1) is 11.5. The Kier molecular flexibility index (Phi) is 2.06. The van der Waals surface area contributed by atoms with Gasteiger partial charge >= 0.3 is 0 Å². The number of nitrogens with zero attached hydrogens (tertiary/aromatic N) is 4. The van der Waals surface area contributed by atoms with Crippen molar-refractivity contribution in [3.63, 3.8) is 0 Å². The van der Waals surface area contributed by atoms with Crippen molar-refractivity contribution >= 4 is 27.8 Å². The lowest BCUT2D eigenvalue weighted by atomic mass is 9.63. The first-order chi connectivity index (χ1) is 10.3. The molecule has 4 nitrogen and oxygen atoms in total. The molecule has 0 radical (unpaired) electrons. The Balaban J connectivity index is 1.61. The maximum absolute atomic E-state index is 4.92. The topological polar surface area (TPSA) is 34.0 Å². The van der Waals surface area contributed by atoms with Gasteiger partial charge in [-0.3, -0.25) is 4.98 Å². The quantitative estimate of drug-likeness (QED) is 0.686. The van der Waals surface area contributed by atoms with Crippen LogP contribution in [0.3, 0.4) is 0 Å². The normalized spacial score (nSPS) is 20.0. The molecular weight excluding hydrogens is 260 g/mol. The van der Waals surface area contributed by atoms with Gasteiger partial charge in [-0.15, -0.1) is 0 Å². The van der Waals surface area contributed by atoms with Crippen LogP contribution < -0.4 is 4.90 Å². The van der Waals surface area contributed by atoms with E-state index in [1.54, 1.807) is 0 Å². The fourth-order valence-corrected chi connectivity index (χ4v) is 4.00. The van der Waals surface area contributed by atoms with Crippen molar-refractivity contribution in [1.29, 1.82) is 0 Å². The number of rotatable bonds is 1. The molecule has 1 saturated carbocycles. The van der Waals surface area contributed by atoms with Crippen molar-refractivity contribution in [2.75, 3.05) is 18.0 Å². The molecule has 0 amide bonds. The molecule has 5 rings (SSSR count). The number of hydrogen-bond donors (Lipinski definition) is 0. The molecule has 4 heteroatoms. The summed E-state index contributed by atoms with van der Waals surface area (Å²) in [4.78, 5) is 11.6. The molecule has 0 bridgehead atoms. The van der Waals surface area contributed by atoms with Crippen LogP contribution in [0.5, 0.6) is 0 Å². The minimum atomic E-state index is 0.638. The van der Waals surface area contributed by atoms with Crippen molar-refractivity contribution in [2.45, 2.75) is 19.3 Å². The molecule has 3 aromatic rings. The van der Waals surface area contributed by atoms with Gasteiger partial charge in [-0.25, -0.2) is 4.98 Å². The summed E-state index contributed by atoms with van der Waals surface area (Å²) in [5, 5.41) is 2.39. The van der Waals surface area contributed by atoms with Gasteiger partial charge in [0.1, 0.15) is 11.5 Å². The summed E-state index contributed by atoms with van der Waals surface area (Å²) in [5.41, 5.74) is 2.90. The molecule has 1 aliphatic heterocycles. The van der Waals surface area contributed by atoms with Crippen LogP contribution in [0.1, 0.15) is 19.3 Å². The van der Waals surface area contributed by atoms with Gasteiger partial charge in [0.25, 0.3) is 0 Å². The average molecular weight is 278 g/mol. The van der Waals surface area contributed by atoms with Crippen LogP contribution in [0.15, 0.2) is 30.6 Å². The molecule has 0 unspecified atom stereocenters. The van der Waals surface area contributed by atoms with Crippen LogP contribution in [-0.4, -0.2) is 27.6 Å². The van der Waals surface area contributed by atoms with Crippen LogP contribution >= 0.6 is 0 Å². The van der Waals surface area contributed by atoms with Gasteiger partial charge in [-0.2, -0.15) is 0 Å². The van der Waals surface area contributed by atoms with Gasteiger partial charge in [0, 0.05) is 48.7 Å². The summed E-state index contributed by atoms with van der Waals surface area (Å²) in [7, 11) is 2.09. The predicted octanol–water partition coefficient (Wildman–Crippen LogP) is 3.11. The van der Waals surface area contributed by atoms with E-state index in [-0.39, 0.29) is 0 Å². The Labute approximate surface area is 123 Å². The molecule has 1 saturated heterocycles. The fraction of sp³-hybridized carbons (Fsp3) is 0.412. The van der Waals surface area contributed by atoms with Crippen molar-refractivity contribution in [2.24, 2.45) is 12.5 Å². The SMILES string of the molecule is Cn1c2ccncc2c2ccc(N3CC4(CCC4)C3)nc21. The van der Waals surface area contributed by atoms with E-state index in [4.69, 9.17) is 4.98 Å². The zero-order valence-electron chi connectivity index (χ0n) is 12.2. The van der Waals surface area contributed by atoms with Gasteiger partial charge in [-0.05, 0) is 31.0 Å². The number of aryl methyl sites for hydroxylation is 1. The van der Waals surface area contributed by atoms with E-state index < -0.39 is 0 Å². The molecule has 1 spiro atoms. The highest BCUT2D eigenvalue weighted by Crippen LogP contribution is 2.49. The Morgan fingerprint density at radius 1 is 1.10 bits per heavy atom. The third kappa shape index (κ3) is 1.45. The Hall–Kier alpha value is -2.10. The lowest BCUT2D eigenvalue weighted by Crippen LogP contribution is -2.60. The first-order valence-corrected chi connectivity index (χ1v) is 7.70. The zero-order chi connectivity index (χ0) is 14.0. The van der Waals surface area contributed by atoms with Crippen molar-refractivity contribution in [3.8, 4) is 0 Å². The maximum atomic E-state index is 4.92. The minimum Gasteiger partial charge on any atom is -0.355 e. The summed E-state index contributed by atoms with van der Waals surface area (Å²) in [5.74, 6) is 1.12. The summed E-state index contributed by atoms with van der Waals surface area (Å²) >= 11 is 0. The van der Waals surface area contributed by atoms with Crippen molar-refractivity contribution in [1.82, 2.24) is 14.5 Å². The lowest BCUT2D eigenvalue weighted by Gasteiger charge is -2.56. The monoisotopic (exact) mass is 278 g/mol. The Bertz CT molecular complexity index is 852. The highest BCUT2D eigenvalue weighted by atomic mass is 15.3. The molecule has 0 N–H and O–H groups in total. The van der Waals surface area contributed by atoms with E-state index in [1.807, 2.05) is 12.4 Å². The second kappa shape index (κ2) is 3.75. The molecule has 21 heavy (non-hydrogen) atoms. The smallest absolute Gasteiger partial charge is 0.143 e. The van der Waals surface area contributed by atoms with Crippen LogP contribution in [0.4, 0.5) is 5.82 Å². The molecule has 2 aliphatic rings. The van der Waals surface area contributed by atoms with E-state index in [9.17, 15) is 0 Å². The minimum absolute atomic E-state index is 0.638. The summed E-state index contributed by atoms with van der Waals surface area (Å²) in [6.45, 7) is 2.38. The van der Waals surface area contributed by atoms with Gasteiger partial charge < -0.3 is 9.47 Å². The van der Waals surface area contributed by atoms with Crippen LogP contribution in [0, 0.1) is 5.41 Å². The number of anilines is 1. The molecule has 4 heterocycles. The highest BCUT2D eigenvalue weighted by molar-refractivity contribution is 6.06. The van der Waals surface area contributed by atoms with Crippen molar-refractivity contribution < 1.29 is 0 Å². The Morgan fingerprint density at radius 2 is 1.95 bits per heavy atom. The summed E-state index contributed by atoms with van der Waals surface area (Å²) in [6, 6.07) is 6.43. The van der Waals surface area contributed by atoms with E-state index in [2.05, 4.69) is 39.7 Å². The van der Waals surface area contributed by atoms with Gasteiger partial charge in [0.15, 0.2) is 0 Å². The molecule has 3 aromatic heterocycles. The van der Waals surface area contributed by atoms with Gasteiger partial charge in [0.05, 0.1) is 5.52 Å². The van der Waals surface area contributed by atoms with E-state index in [1.165, 1.54) is 48.6 Å². The first-order valence-electron chi connectivity index (χ1n) is 7.70. The molecule has 0 aromatic carbocycles. The summed E-state index contributed by atoms with van der Waals surface area (Å²) < 4.78 is 2.18. The second-order valence-electron chi connectivity index (χ2n) is 6.70. The fourth-order valence-electron chi connectivity index (χ4n) is 4.00. The number of aromatic nitrogens is 3. The van der Waals surface area contributed by atoms with Crippen molar-refractivity contribution in [3.05, 3.63) is 30.6 Å². The van der Waals surface area contributed by atoms with E-state index >= 15 is 0 Å². The second-order valence-corrected chi connectivity index (χ2v) is 6.70. The molecule has 1 aliphatic carbocycles. The predicted molar refractivity (Wildman–Crippen MR) is 84.5 cm³/mol. The zero-order valence-corrected chi connectivity index (χ0v) is 12.2. The highest BCUT2D eigenvalue weighted by Gasteiger charge is 2.47. The molecule has 0 atom stereocenters. The van der Waals surface area contributed by atoms with E-state index in [0.717, 1.165) is 11.5 Å². The maximum Gasteiger partial charge on any atom is 0.143 e. The lowest BCUT2D eigenvalue weighted by molar-refractivity contribution is 0.0897. The van der Waals surface area contributed by atoms with Gasteiger partial charge in [-0.1, -0.05) is 6.42 Å². The molecule has 2 fully saturated rings. The van der Waals surface area contributed by atoms with Crippen LogP contribution in [0.2, 0.25) is 0 Å².